The summed E-state index contributed by atoms with van der Waals surface area (Å²) in [6.45, 7) is 7.66. The zero-order chi connectivity index (χ0) is 14.4. The van der Waals surface area contributed by atoms with Crippen molar-refractivity contribution in [2.75, 3.05) is 38.6 Å². The highest BCUT2D eigenvalue weighted by Crippen LogP contribution is 2.27. The molecule has 0 aliphatic rings. The molecular formula is C15H24BrClN2. The molecule has 1 aromatic rings. The highest BCUT2D eigenvalue weighted by molar-refractivity contribution is 9.08. The van der Waals surface area contributed by atoms with Crippen LogP contribution in [0.25, 0.3) is 0 Å². The minimum absolute atomic E-state index is 0.640. The third-order valence-electron chi connectivity index (χ3n) is 2.93. The van der Waals surface area contributed by atoms with Gasteiger partial charge in [0.25, 0.3) is 0 Å². The van der Waals surface area contributed by atoms with E-state index in [1.807, 2.05) is 6.07 Å². The fraction of sp³-hybridized carbons (Fsp3) is 0.600. The summed E-state index contributed by atoms with van der Waals surface area (Å²) in [5.74, 6) is 0.640. The number of hydrogen-bond donors (Lipinski definition) is 0. The lowest BCUT2D eigenvalue weighted by atomic mass is 10.1. The zero-order valence-corrected chi connectivity index (χ0v) is 14.6. The molecule has 108 valence electrons. The molecule has 0 spiro atoms. The van der Waals surface area contributed by atoms with Crippen molar-refractivity contribution in [2.24, 2.45) is 5.92 Å². The molecule has 0 unspecified atom stereocenters. The Morgan fingerprint density at radius 1 is 1.21 bits per heavy atom. The third kappa shape index (κ3) is 5.72. The first-order chi connectivity index (χ1) is 8.93. The van der Waals surface area contributed by atoms with E-state index in [0.29, 0.717) is 5.92 Å². The molecule has 19 heavy (non-hydrogen) atoms. The van der Waals surface area contributed by atoms with Crippen molar-refractivity contribution in [3.8, 4) is 0 Å². The van der Waals surface area contributed by atoms with E-state index in [2.05, 4.69) is 65.8 Å². The van der Waals surface area contributed by atoms with Crippen LogP contribution in [0.3, 0.4) is 0 Å². The monoisotopic (exact) mass is 346 g/mol. The van der Waals surface area contributed by atoms with Gasteiger partial charge in [-0.3, -0.25) is 0 Å². The van der Waals surface area contributed by atoms with E-state index in [4.69, 9.17) is 11.6 Å². The van der Waals surface area contributed by atoms with Crippen LogP contribution in [0.5, 0.6) is 0 Å². The Morgan fingerprint density at radius 3 is 2.42 bits per heavy atom. The number of nitrogens with zero attached hydrogens (tertiary/aromatic N) is 2. The van der Waals surface area contributed by atoms with Crippen LogP contribution in [0.4, 0.5) is 5.69 Å². The molecule has 0 fully saturated rings. The van der Waals surface area contributed by atoms with Crippen LogP contribution in [0, 0.1) is 5.92 Å². The Morgan fingerprint density at radius 2 is 1.89 bits per heavy atom. The van der Waals surface area contributed by atoms with Crippen LogP contribution in [0.1, 0.15) is 19.4 Å². The molecule has 0 aromatic heterocycles. The van der Waals surface area contributed by atoms with Crippen molar-refractivity contribution < 1.29 is 0 Å². The second-order valence-corrected chi connectivity index (χ2v) is 6.55. The smallest absolute Gasteiger partial charge is 0.0410 e. The van der Waals surface area contributed by atoms with Gasteiger partial charge in [0.2, 0.25) is 0 Å². The predicted molar refractivity (Wildman–Crippen MR) is 89.7 cm³/mol. The molecule has 0 aliphatic heterocycles. The molecule has 0 aliphatic carbocycles. The van der Waals surface area contributed by atoms with Crippen molar-refractivity contribution in [1.82, 2.24) is 4.90 Å². The summed E-state index contributed by atoms with van der Waals surface area (Å²) in [4.78, 5) is 4.68. The van der Waals surface area contributed by atoms with Crippen LogP contribution in [-0.2, 0) is 5.33 Å². The summed E-state index contributed by atoms with van der Waals surface area (Å²) >= 11 is 9.65. The molecule has 0 saturated heterocycles. The van der Waals surface area contributed by atoms with E-state index < -0.39 is 0 Å². The highest BCUT2D eigenvalue weighted by Gasteiger charge is 2.13. The number of likely N-dealkylation sites (N-methyl/N-ethyl adjacent to an activating group) is 1. The summed E-state index contributed by atoms with van der Waals surface area (Å²) in [5.41, 5.74) is 2.55. The maximum atomic E-state index is 6.09. The predicted octanol–water partition coefficient (Wildman–Crippen LogP) is 4.26. The standard InChI is InChI=1S/C15H24BrClN2/c1-12(2)11-19(8-7-18(3)4)15-6-5-14(17)9-13(15)10-16/h5-6,9,12H,7-8,10-11H2,1-4H3. The minimum atomic E-state index is 0.640. The summed E-state index contributed by atoms with van der Waals surface area (Å²) in [6, 6.07) is 6.16. The van der Waals surface area contributed by atoms with Crippen molar-refractivity contribution in [1.29, 1.82) is 0 Å². The van der Waals surface area contributed by atoms with Crippen molar-refractivity contribution in [3.05, 3.63) is 28.8 Å². The molecule has 0 saturated carbocycles. The lowest BCUT2D eigenvalue weighted by molar-refractivity contribution is 0.409. The summed E-state index contributed by atoms with van der Waals surface area (Å²) < 4.78 is 0. The number of hydrogen-bond acceptors (Lipinski definition) is 2. The van der Waals surface area contributed by atoms with Crippen molar-refractivity contribution in [3.63, 3.8) is 0 Å². The second-order valence-electron chi connectivity index (χ2n) is 5.55. The summed E-state index contributed by atoms with van der Waals surface area (Å²) in [5, 5.41) is 1.63. The van der Waals surface area contributed by atoms with E-state index >= 15 is 0 Å². The number of benzene rings is 1. The lowest BCUT2D eigenvalue weighted by Crippen LogP contribution is -2.34. The molecular weight excluding hydrogens is 324 g/mol. The van der Waals surface area contributed by atoms with Crippen LogP contribution in [0.2, 0.25) is 5.02 Å². The van der Waals surface area contributed by atoms with Gasteiger partial charge in [0, 0.05) is 35.7 Å². The second kappa shape index (κ2) is 8.13. The number of rotatable bonds is 7. The van der Waals surface area contributed by atoms with E-state index in [1.54, 1.807) is 0 Å². The Bertz CT molecular complexity index is 394. The summed E-state index contributed by atoms with van der Waals surface area (Å²) in [6.07, 6.45) is 0. The normalized spacial score (nSPS) is 11.4. The van der Waals surface area contributed by atoms with Gasteiger partial charge in [-0.2, -0.15) is 0 Å². The van der Waals surface area contributed by atoms with Gasteiger partial charge in [-0.1, -0.05) is 41.4 Å². The van der Waals surface area contributed by atoms with Gasteiger partial charge < -0.3 is 9.80 Å². The van der Waals surface area contributed by atoms with E-state index in [1.165, 1.54) is 11.3 Å². The molecule has 0 bridgehead atoms. The molecule has 0 amide bonds. The van der Waals surface area contributed by atoms with Crippen molar-refractivity contribution >= 4 is 33.2 Å². The molecule has 0 N–H and O–H groups in total. The topological polar surface area (TPSA) is 6.48 Å². The lowest BCUT2D eigenvalue weighted by Gasteiger charge is -2.30. The molecule has 2 nitrogen and oxygen atoms in total. The average molecular weight is 348 g/mol. The van der Waals surface area contributed by atoms with Crippen LogP contribution in [-0.4, -0.2) is 38.6 Å². The number of halogens is 2. The Hall–Kier alpha value is -0.250. The average Bonchev–Trinajstić information content (AvgIpc) is 2.33. The third-order valence-corrected chi connectivity index (χ3v) is 3.77. The van der Waals surface area contributed by atoms with E-state index in [-0.39, 0.29) is 0 Å². The number of alkyl halides is 1. The van der Waals surface area contributed by atoms with Gasteiger partial charge in [0.05, 0.1) is 0 Å². The van der Waals surface area contributed by atoms with Gasteiger partial charge in [-0.25, -0.2) is 0 Å². The van der Waals surface area contributed by atoms with Gasteiger partial charge in [-0.05, 0) is 43.8 Å². The molecule has 0 heterocycles. The molecule has 0 atom stereocenters. The van der Waals surface area contributed by atoms with Crippen LogP contribution < -0.4 is 4.90 Å². The maximum absolute atomic E-state index is 6.09. The van der Waals surface area contributed by atoms with Crippen molar-refractivity contribution in [2.45, 2.75) is 19.2 Å². The van der Waals surface area contributed by atoms with Crippen LogP contribution in [0.15, 0.2) is 18.2 Å². The summed E-state index contributed by atoms with van der Waals surface area (Å²) in [7, 11) is 4.22. The van der Waals surface area contributed by atoms with Crippen LogP contribution >= 0.6 is 27.5 Å². The Balaban J connectivity index is 2.95. The molecule has 1 aromatic carbocycles. The Kier molecular flexibility index (Phi) is 7.19. The highest BCUT2D eigenvalue weighted by atomic mass is 79.9. The van der Waals surface area contributed by atoms with E-state index in [9.17, 15) is 0 Å². The Labute approximate surface area is 130 Å². The maximum Gasteiger partial charge on any atom is 0.0410 e. The molecule has 4 heteroatoms. The SMILES string of the molecule is CC(C)CN(CCN(C)C)c1ccc(Cl)cc1CBr. The quantitative estimate of drug-likeness (QED) is 0.680. The minimum Gasteiger partial charge on any atom is -0.370 e. The largest absolute Gasteiger partial charge is 0.370 e. The van der Waals surface area contributed by atoms with Gasteiger partial charge in [0.1, 0.15) is 0 Å². The fourth-order valence-corrected chi connectivity index (χ4v) is 2.69. The zero-order valence-electron chi connectivity index (χ0n) is 12.3. The number of anilines is 1. The first-order valence-electron chi connectivity index (χ1n) is 6.68. The van der Waals surface area contributed by atoms with Gasteiger partial charge >= 0.3 is 0 Å². The molecule has 0 radical (unpaired) electrons. The van der Waals surface area contributed by atoms with Gasteiger partial charge in [-0.15, -0.1) is 0 Å². The first-order valence-corrected chi connectivity index (χ1v) is 8.18. The fourth-order valence-electron chi connectivity index (χ4n) is 2.04. The van der Waals surface area contributed by atoms with E-state index in [0.717, 1.165) is 30.0 Å². The molecule has 1 rings (SSSR count). The van der Waals surface area contributed by atoms with Gasteiger partial charge in [0.15, 0.2) is 0 Å². The first kappa shape index (κ1) is 16.8.